The lowest BCUT2D eigenvalue weighted by Crippen LogP contribution is -2.23. The van der Waals surface area contributed by atoms with Crippen LogP contribution in [0.15, 0.2) is 36.9 Å². The van der Waals surface area contributed by atoms with Crippen LogP contribution in [0.5, 0.6) is 0 Å². The van der Waals surface area contributed by atoms with Gasteiger partial charge in [0, 0.05) is 18.6 Å². The predicted molar refractivity (Wildman–Crippen MR) is 68.7 cm³/mol. The number of nitrogens with one attached hydrogen (secondary N) is 1. The molecule has 2 rings (SSSR count). The Morgan fingerprint density at radius 2 is 2.11 bits per heavy atom. The zero-order chi connectivity index (χ0) is 13.0. The molecule has 2 aromatic heterocycles. The first-order valence-electron chi connectivity index (χ1n) is 5.96. The van der Waals surface area contributed by atoms with Gasteiger partial charge < -0.3 is 5.32 Å². The molecule has 0 spiro atoms. The molecule has 0 saturated heterocycles. The SMILES string of the molecule is CCNC(c1cncc(F)c1)c1cnccc1C. The highest BCUT2D eigenvalue weighted by Gasteiger charge is 2.16. The number of halogens is 1. The van der Waals surface area contributed by atoms with E-state index in [1.807, 2.05) is 26.1 Å². The Morgan fingerprint density at radius 3 is 2.78 bits per heavy atom. The van der Waals surface area contributed by atoms with Crippen molar-refractivity contribution in [2.45, 2.75) is 19.9 Å². The molecule has 0 aliphatic carbocycles. The molecule has 0 aliphatic rings. The van der Waals surface area contributed by atoms with Crippen LogP contribution in [0.4, 0.5) is 4.39 Å². The Bertz CT molecular complexity index is 528. The minimum Gasteiger partial charge on any atom is -0.306 e. The quantitative estimate of drug-likeness (QED) is 0.899. The van der Waals surface area contributed by atoms with Crippen LogP contribution >= 0.6 is 0 Å². The van der Waals surface area contributed by atoms with E-state index in [1.165, 1.54) is 12.3 Å². The fourth-order valence-corrected chi connectivity index (χ4v) is 1.98. The summed E-state index contributed by atoms with van der Waals surface area (Å²) in [6, 6.07) is 3.38. The normalized spacial score (nSPS) is 12.4. The molecule has 3 nitrogen and oxygen atoms in total. The topological polar surface area (TPSA) is 37.8 Å². The molecule has 0 radical (unpaired) electrons. The van der Waals surface area contributed by atoms with Gasteiger partial charge in [0.2, 0.25) is 0 Å². The lowest BCUT2D eigenvalue weighted by Gasteiger charge is -2.20. The first-order chi connectivity index (χ1) is 8.72. The molecule has 18 heavy (non-hydrogen) atoms. The third-order valence-corrected chi connectivity index (χ3v) is 2.86. The van der Waals surface area contributed by atoms with Gasteiger partial charge in [0.25, 0.3) is 0 Å². The van der Waals surface area contributed by atoms with Crippen molar-refractivity contribution in [3.05, 3.63) is 59.4 Å². The number of nitrogens with zero attached hydrogens (tertiary/aromatic N) is 2. The Hall–Kier alpha value is -1.81. The van der Waals surface area contributed by atoms with Crippen LogP contribution in [0.2, 0.25) is 0 Å². The van der Waals surface area contributed by atoms with E-state index in [-0.39, 0.29) is 11.9 Å². The smallest absolute Gasteiger partial charge is 0.141 e. The Labute approximate surface area is 106 Å². The molecular weight excluding hydrogens is 229 g/mol. The van der Waals surface area contributed by atoms with E-state index in [0.29, 0.717) is 0 Å². The maximum Gasteiger partial charge on any atom is 0.141 e. The maximum absolute atomic E-state index is 13.3. The van der Waals surface area contributed by atoms with E-state index in [2.05, 4.69) is 15.3 Å². The van der Waals surface area contributed by atoms with Gasteiger partial charge in [0.1, 0.15) is 5.82 Å². The largest absolute Gasteiger partial charge is 0.306 e. The molecule has 1 atom stereocenters. The molecule has 2 aromatic rings. The van der Waals surface area contributed by atoms with Gasteiger partial charge in [0.15, 0.2) is 0 Å². The minimum absolute atomic E-state index is 0.0769. The van der Waals surface area contributed by atoms with Crippen molar-refractivity contribution in [2.75, 3.05) is 6.54 Å². The summed E-state index contributed by atoms with van der Waals surface area (Å²) in [6.07, 6.45) is 6.46. The summed E-state index contributed by atoms with van der Waals surface area (Å²) in [6.45, 7) is 4.83. The van der Waals surface area contributed by atoms with Crippen molar-refractivity contribution in [2.24, 2.45) is 0 Å². The molecule has 0 fully saturated rings. The zero-order valence-electron chi connectivity index (χ0n) is 10.5. The monoisotopic (exact) mass is 245 g/mol. The fourth-order valence-electron chi connectivity index (χ4n) is 1.98. The first-order valence-corrected chi connectivity index (χ1v) is 5.96. The molecule has 0 amide bonds. The van der Waals surface area contributed by atoms with Gasteiger partial charge in [-0.2, -0.15) is 0 Å². The lowest BCUT2D eigenvalue weighted by molar-refractivity contribution is 0.594. The molecule has 0 saturated carbocycles. The molecular formula is C14H16FN3. The van der Waals surface area contributed by atoms with E-state index >= 15 is 0 Å². The Morgan fingerprint density at radius 1 is 1.28 bits per heavy atom. The number of pyridine rings is 2. The van der Waals surface area contributed by atoms with Gasteiger partial charge in [-0.05, 0) is 42.3 Å². The number of aryl methyl sites for hydroxylation is 1. The van der Waals surface area contributed by atoms with E-state index in [0.717, 1.165) is 23.2 Å². The van der Waals surface area contributed by atoms with Crippen molar-refractivity contribution < 1.29 is 4.39 Å². The van der Waals surface area contributed by atoms with Crippen LogP contribution in [-0.4, -0.2) is 16.5 Å². The third-order valence-electron chi connectivity index (χ3n) is 2.86. The summed E-state index contributed by atoms with van der Waals surface area (Å²) in [4.78, 5) is 8.05. The number of aromatic nitrogens is 2. The standard InChI is InChI=1S/C14H16FN3/c1-3-18-14(11-6-12(15)8-17-7-11)13-9-16-5-4-10(13)2/h4-9,14,18H,3H2,1-2H3. The highest BCUT2D eigenvalue weighted by atomic mass is 19.1. The van der Waals surface area contributed by atoms with Gasteiger partial charge in [-0.3, -0.25) is 9.97 Å². The van der Waals surface area contributed by atoms with Gasteiger partial charge >= 0.3 is 0 Å². The second-order valence-electron chi connectivity index (χ2n) is 4.16. The van der Waals surface area contributed by atoms with Crippen molar-refractivity contribution >= 4 is 0 Å². The molecule has 0 aliphatic heterocycles. The Kier molecular flexibility index (Phi) is 3.99. The summed E-state index contributed by atoms with van der Waals surface area (Å²) in [5, 5.41) is 3.34. The summed E-state index contributed by atoms with van der Waals surface area (Å²) >= 11 is 0. The molecule has 0 aromatic carbocycles. The van der Waals surface area contributed by atoms with Gasteiger partial charge in [0.05, 0.1) is 12.2 Å². The van der Waals surface area contributed by atoms with Gasteiger partial charge in [-0.25, -0.2) is 4.39 Å². The molecule has 2 heterocycles. The maximum atomic E-state index is 13.3. The summed E-state index contributed by atoms with van der Waals surface area (Å²) in [5.74, 6) is -0.322. The molecule has 94 valence electrons. The lowest BCUT2D eigenvalue weighted by atomic mass is 9.98. The second-order valence-corrected chi connectivity index (χ2v) is 4.16. The highest BCUT2D eigenvalue weighted by Crippen LogP contribution is 2.23. The van der Waals surface area contributed by atoms with Crippen LogP contribution < -0.4 is 5.32 Å². The van der Waals surface area contributed by atoms with Crippen molar-refractivity contribution in [1.82, 2.24) is 15.3 Å². The van der Waals surface area contributed by atoms with Crippen LogP contribution in [-0.2, 0) is 0 Å². The first kappa shape index (κ1) is 12.6. The summed E-state index contributed by atoms with van der Waals surface area (Å²) in [7, 11) is 0. The third kappa shape index (κ3) is 2.71. The summed E-state index contributed by atoms with van der Waals surface area (Å²) < 4.78 is 13.3. The number of hydrogen-bond donors (Lipinski definition) is 1. The highest BCUT2D eigenvalue weighted by molar-refractivity contribution is 5.33. The van der Waals surface area contributed by atoms with Gasteiger partial charge in [-0.1, -0.05) is 6.92 Å². The van der Waals surface area contributed by atoms with Crippen LogP contribution in [0.25, 0.3) is 0 Å². The van der Waals surface area contributed by atoms with E-state index in [4.69, 9.17) is 0 Å². The molecule has 1 N–H and O–H groups in total. The average Bonchev–Trinajstić information content (AvgIpc) is 2.37. The van der Waals surface area contributed by atoms with Crippen molar-refractivity contribution in [1.29, 1.82) is 0 Å². The molecule has 1 unspecified atom stereocenters. The van der Waals surface area contributed by atoms with Gasteiger partial charge in [-0.15, -0.1) is 0 Å². The predicted octanol–water partition coefficient (Wildman–Crippen LogP) is 2.62. The number of hydrogen-bond acceptors (Lipinski definition) is 3. The van der Waals surface area contributed by atoms with Crippen LogP contribution in [0.3, 0.4) is 0 Å². The molecule has 4 heteroatoms. The fraction of sp³-hybridized carbons (Fsp3) is 0.286. The van der Waals surface area contributed by atoms with E-state index in [9.17, 15) is 4.39 Å². The van der Waals surface area contributed by atoms with Crippen LogP contribution in [0.1, 0.15) is 29.7 Å². The van der Waals surface area contributed by atoms with Crippen molar-refractivity contribution in [3.8, 4) is 0 Å². The van der Waals surface area contributed by atoms with E-state index < -0.39 is 0 Å². The number of rotatable bonds is 4. The average molecular weight is 245 g/mol. The second kappa shape index (κ2) is 5.69. The van der Waals surface area contributed by atoms with Crippen molar-refractivity contribution in [3.63, 3.8) is 0 Å². The van der Waals surface area contributed by atoms with E-state index in [1.54, 1.807) is 12.4 Å². The van der Waals surface area contributed by atoms with Crippen LogP contribution in [0, 0.1) is 12.7 Å². The Balaban J connectivity index is 2.43. The summed E-state index contributed by atoms with van der Waals surface area (Å²) in [5.41, 5.74) is 2.99. The molecule has 0 bridgehead atoms. The minimum atomic E-state index is -0.322. The zero-order valence-corrected chi connectivity index (χ0v) is 10.5.